The molecule has 238 valence electrons. The lowest BCUT2D eigenvalue weighted by Crippen LogP contribution is -2.55. The summed E-state index contributed by atoms with van der Waals surface area (Å²) in [5, 5.41) is 3.19. The van der Waals surface area contributed by atoms with Crippen molar-refractivity contribution in [3.63, 3.8) is 0 Å². The van der Waals surface area contributed by atoms with Crippen LogP contribution in [0.4, 0.5) is 5.69 Å². The van der Waals surface area contributed by atoms with Crippen LogP contribution in [-0.2, 0) is 26.2 Å². The van der Waals surface area contributed by atoms with Crippen LogP contribution in [0.1, 0.15) is 39.7 Å². The molecular formula is C32H40ClN3O7S. The van der Waals surface area contributed by atoms with E-state index in [4.69, 9.17) is 25.8 Å². The lowest BCUT2D eigenvalue weighted by Gasteiger charge is -2.35. The number of halogens is 1. The predicted molar refractivity (Wildman–Crippen MR) is 171 cm³/mol. The molecule has 0 radical (unpaired) electrons. The minimum absolute atomic E-state index is 0.0509. The van der Waals surface area contributed by atoms with Crippen molar-refractivity contribution in [3.8, 4) is 17.2 Å². The van der Waals surface area contributed by atoms with E-state index in [0.717, 1.165) is 9.87 Å². The van der Waals surface area contributed by atoms with Gasteiger partial charge < -0.3 is 24.4 Å². The Morgan fingerprint density at radius 2 is 1.50 bits per heavy atom. The quantitative estimate of drug-likeness (QED) is 0.269. The van der Waals surface area contributed by atoms with Crippen molar-refractivity contribution < 1.29 is 32.2 Å². The van der Waals surface area contributed by atoms with Gasteiger partial charge in [-0.1, -0.05) is 48.9 Å². The first-order valence-electron chi connectivity index (χ1n) is 14.0. The third-order valence-corrected chi connectivity index (χ3v) is 8.70. The number of benzene rings is 3. The van der Waals surface area contributed by atoms with E-state index in [1.165, 1.54) is 56.6 Å². The number of rotatable bonds is 13. The number of ether oxygens (including phenoxy) is 3. The number of hydrogen-bond acceptors (Lipinski definition) is 7. The molecular weight excluding hydrogens is 606 g/mol. The highest BCUT2D eigenvalue weighted by atomic mass is 35.5. The maximum Gasteiger partial charge on any atom is 0.265 e. The second-order valence-electron chi connectivity index (χ2n) is 11.0. The number of amides is 2. The fraction of sp³-hybridized carbons (Fsp3) is 0.375. The highest BCUT2D eigenvalue weighted by Gasteiger charge is 2.36. The van der Waals surface area contributed by atoms with Gasteiger partial charge in [0.05, 0.1) is 31.9 Å². The summed E-state index contributed by atoms with van der Waals surface area (Å²) < 4.78 is 45.7. The molecule has 0 aliphatic carbocycles. The SMILES string of the molecule is CCC(C(=O)NC(C)(C)C)N(Cc1ccccc1)C(=O)CN(c1cc(Cl)ccc1OC)S(=O)(=O)c1ccc(OC)c(OC)c1. The Labute approximate surface area is 264 Å². The first-order chi connectivity index (χ1) is 20.7. The molecule has 0 saturated heterocycles. The fourth-order valence-corrected chi connectivity index (χ4v) is 6.23. The Bertz CT molecular complexity index is 1560. The zero-order valence-corrected chi connectivity index (χ0v) is 27.7. The fourth-order valence-electron chi connectivity index (χ4n) is 4.63. The summed E-state index contributed by atoms with van der Waals surface area (Å²) in [5.74, 6) is -0.249. The van der Waals surface area contributed by atoms with Gasteiger partial charge in [-0.3, -0.25) is 13.9 Å². The Morgan fingerprint density at radius 1 is 0.886 bits per heavy atom. The van der Waals surface area contributed by atoms with Crippen molar-refractivity contribution in [2.75, 3.05) is 32.2 Å². The van der Waals surface area contributed by atoms with Crippen molar-refractivity contribution in [1.29, 1.82) is 0 Å². The zero-order chi connectivity index (χ0) is 32.7. The van der Waals surface area contributed by atoms with E-state index in [1.54, 1.807) is 13.0 Å². The molecule has 1 unspecified atom stereocenters. The van der Waals surface area contributed by atoms with Gasteiger partial charge in [-0.05, 0) is 63.1 Å². The summed E-state index contributed by atoms with van der Waals surface area (Å²) in [6.07, 6.45) is 0.295. The van der Waals surface area contributed by atoms with Gasteiger partial charge in [-0.25, -0.2) is 8.42 Å². The van der Waals surface area contributed by atoms with Crippen LogP contribution in [0.5, 0.6) is 17.2 Å². The minimum atomic E-state index is -4.43. The second kappa shape index (κ2) is 14.7. The van der Waals surface area contributed by atoms with Gasteiger partial charge in [0.2, 0.25) is 11.8 Å². The summed E-state index contributed by atoms with van der Waals surface area (Å²) in [6, 6.07) is 16.9. The van der Waals surface area contributed by atoms with Crippen molar-refractivity contribution in [3.05, 3.63) is 77.3 Å². The Hall–Kier alpha value is -3.96. The normalized spacial score (nSPS) is 12.2. The van der Waals surface area contributed by atoms with E-state index in [9.17, 15) is 18.0 Å². The number of carbonyl (C=O) groups excluding carboxylic acids is 2. The Kier molecular flexibility index (Phi) is 11.5. The summed E-state index contributed by atoms with van der Waals surface area (Å²) >= 11 is 6.32. The molecule has 0 fully saturated rings. The molecule has 1 N–H and O–H groups in total. The van der Waals surface area contributed by atoms with E-state index < -0.39 is 34.1 Å². The number of nitrogens with zero attached hydrogens (tertiary/aromatic N) is 2. The maximum absolute atomic E-state index is 14.3. The van der Waals surface area contributed by atoms with Crippen LogP contribution in [0.3, 0.4) is 0 Å². The van der Waals surface area contributed by atoms with E-state index in [1.807, 2.05) is 51.1 Å². The van der Waals surface area contributed by atoms with Crippen LogP contribution in [0, 0.1) is 0 Å². The molecule has 2 amide bonds. The second-order valence-corrected chi connectivity index (χ2v) is 13.3. The molecule has 3 aromatic rings. The summed E-state index contributed by atoms with van der Waals surface area (Å²) in [7, 11) is -0.210. The van der Waals surface area contributed by atoms with E-state index in [2.05, 4.69) is 5.32 Å². The average Bonchev–Trinajstić information content (AvgIpc) is 2.98. The molecule has 0 aliphatic heterocycles. The molecule has 0 aromatic heterocycles. The number of nitrogens with one attached hydrogen (secondary N) is 1. The molecule has 0 bridgehead atoms. The van der Waals surface area contributed by atoms with Gasteiger partial charge in [0.15, 0.2) is 11.5 Å². The van der Waals surface area contributed by atoms with Crippen LogP contribution in [0.2, 0.25) is 5.02 Å². The standard InChI is InChI=1S/C32H40ClN3O7S/c1-8-25(31(38)34-32(2,3)4)35(20-22-12-10-9-11-13-22)30(37)21-36(26-18-23(33)14-16-27(26)41-5)44(39,40)24-15-17-28(42-6)29(19-24)43-7/h9-19,25H,8,20-21H2,1-7H3,(H,34,38). The summed E-state index contributed by atoms with van der Waals surface area (Å²) in [5.41, 5.74) is 0.274. The first-order valence-corrected chi connectivity index (χ1v) is 15.8. The van der Waals surface area contributed by atoms with Gasteiger partial charge in [0.25, 0.3) is 10.0 Å². The third-order valence-electron chi connectivity index (χ3n) is 6.71. The molecule has 44 heavy (non-hydrogen) atoms. The van der Waals surface area contributed by atoms with E-state index in [0.29, 0.717) is 12.2 Å². The van der Waals surface area contributed by atoms with E-state index in [-0.39, 0.29) is 39.6 Å². The van der Waals surface area contributed by atoms with Crippen molar-refractivity contribution in [2.24, 2.45) is 0 Å². The average molecular weight is 646 g/mol. The molecule has 10 nitrogen and oxygen atoms in total. The summed E-state index contributed by atoms with van der Waals surface area (Å²) in [6.45, 7) is 6.78. The van der Waals surface area contributed by atoms with Crippen LogP contribution in [-0.4, -0.2) is 64.6 Å². The Morgan fingerprint density at radius 3 is 2.07 bits per heavy atom. The topological polar surface area (TPSA) is 114 Å². The first kappa shape index (κ1) is 34.5. The molecule has 1 atom stereocenters. The molecule has 0 saturated carbocycles. The number of carbonyl (C=O) groups is 2. The molecule has 0 spiro atoms. The molecule has 0 aliphatic rings. The van der Waals surface area contributed by atoms with Gasteiger partial charge in [-0.2, -0.15) is 0 Å². The monoisotopic (exact) mass is 645 g/mol. The van der Waals surface area contributed by atoms with Crippen molar-refractivity contribution in [2.45, 2.75) is 57.1 Å². The lowest BCUT2D eigenvalue weighted by atomic mass is 10.1. The lowest BCUT2D eigenvalue weighted by molar-refractivity contribution is -0.141. The van der Waals surface area contributed by atoms with Crippen LogP contribution >= 0.6 is 11.6 Å². The largest absolute Gasteiger partial charge is 0.495 e. The van der Waals surface area contributed by atoms with Crippen LogP contribution < -0.4 is 23.8 Å². The number of methoxy groups -OCH3 is 3. The predicted octanol–water partition coefficient (Wildman–Crippen LogP) is 5.28. The van der Waals surface area contributed by atoms with Crippen LogP contribution in [0.15, 0.2) is 71.6 Å². The third kappa shape index (κ3) is 8.35. The van der Waals surface area contributed by atoms with Gasteiger partial charge in [0, 0.05) is 23.2 Å². The Balaban J connectivity index is 2.17. The maximum atomic E-state index is 14.3. The molecule has 3 aromatic carbocycles. The van der Waals surface area contributed by atoms with Crippen LogP contribution in [0.25, 0.3) is 0 Å². The van der Waals surface area contributed by atoms with Crippen molar-refractivity contribution in [1.82, 2.24) is 10.2 Å². The van der Waals surface area contributed by atoms with Gasteiger partial charge in [0.1, 0.15) is 18.3 Å². The van der Waals surface area contributed by atoms with Gasteiger partial charge >= 0.3 is 0 Å². The molecule has 0 heterocycles. The zero-order valence-electron chi connectivity index (χ0n) is 26.1. The summed E-state index contributed by atoms with van der Waals surface area (Å²) in [4.78, 5) is 29.0. The number of anilines is 1. The van der Waals surface area contributed by atoms with Crippen molar-refractivity contribution >= 4 is 39.1 Å². The highest BCUT2D eigenvalue weighted by molar-refractivity contribution is 7.92. The highest BCUT2D eigenvalue weighted by Crippen LogP contribution is 2.37. The smallest absolute Gasteiger partial charge is 0.265 e. The minimum Gasteiger partial charge on any atom is -0.495 e. The number of hydrogen-bond donors (Lipinski definition) is 1. The molecule has 12 heteroatoms. The number of sulfonamides is 1. The van der Waals surface area contributed by atoms with Gasteiger partial charge in [-0.15, -0.1) is 0 Å². The molecule has 3 rings (SSSR count). The van der Waals surface area contributed by atoms with E-state index >= 15 is 0 Å².